The molecule has 2 unspecified atom stereocenters. The Labute approximate surface area is 177 Å². The molecule has 4 rings (SSSR count). The maximum Gasteiger partial charge on any atom is 0.137 e. The highest BCUT2D eigenvalue weighted by atomic mass is 16.5. The lowest BCUT2D eigenvalue weighted by molar-refractivity contribution is -0.957. The molecule has 2 aromatic rings. The Morgan fingerprint density at radius 3 is 2.70 bits per heavy atom. The summed E-state index contributed by atoms with van der Waals surface area (Å²) in [6, 6.07) is 8.05. The van der Waals surface area contributed by atoms with Gasteiger partial charge in [0.15, 0.2) is 0 Å². The first-order valence-electron chi connectivity index (χ1n) is 10.3. The number of ether oxygens (including phenoxy) is 1. The number of nitrogens with one attached hydrogen (secondary N) is 1. The maximum absolute atomic E-state index is 10.5. The molecular weight excluding hydrogens is 382 g/mol. The van der Waals surface area contributed by atoms with Crippen molar-refractivity contribution < 1.29 is 19.5 Å². The van der Waals surface area contributed by atoms with Crippen LogP contribution < -0.4 is 15.7 Å². The molecule has 8 nitrogen and oxygen atoms in total. The minimum atomic E-state index is -1.13. The first-order valence-corrected chi connectivity index (χ1v) is 10.3. The van der Waals surface area contributed by atoms with Crippen molar-refractivity contribution in [3.63, 3.8) is 0 Å². The molecular formula is C22H31N5O3. The van der Waals surface area contributed by atoms with E-state index in [9.17, 15) is 9.90 Å². The van der Waals surface area contributed by atoms with Gasteiger partial charge in [-0.3, -0.25) is 0 Å². The Bertz CT molecular complexity index is 851. The number of nitrogens with two attached hydrogens (primary N) is 1. The summed E-state index contributed by atoms with van der Waals surface area (Å²) in [5, 5.41) is 10.5. The Hall–Kier alpha value is -2.71. The number of nitrogen functional groups attached to an aromatic ring is 1. The van der Waals surface area contributed by atoms with Crippen molar-refractivity contribution in [2.75, 3.05) is 32.0 Å². The van der Waals surface area contributed by atoms with E-state index in [-0.39, 0.29) is 11.6 Å². The van der Waals surface area contributed by atoms with Gasteiger partial charge in [0.1, 0.15) is 31.6 Å². The third-order valence-electron chi connectivity index (χ3n) is 5.65. The monoisotopic (exact) mass is 413 g/mol. The summed E-state index contributed by atoms with van der Waals surface area (Å²) in [6.07, 6.45) is 2.90. The average Bonchev–Trinajstić information content (AvgIpc) is 2.74. The third kappa shape index (κ3) is 5.67. The van der Waals surface area contributed by atoms with E-state index in [0.29, 0.717) is 19.5 Å². The van der Waals surface area contributed by atoms with Crippen molar-refractivity contribution in [1.82, 2.24) is 14.9 Å². The van der Waals surface area contributed by atoms with Gasteiger partial charge in [0.2, 0.25) is 0 Å². The highest BCUT2D eigenvalue weighted by molar-refractivity contribution is 5.62. The van der Waals surface area contributed by atoms with Crippen molar-refractivity contribution in [1.29, 1.82) is 0 Å². The second-order valence-corrected chi connectivity index (χ2v) is 8.77. The van der Waals surface area contributed by atoms with Gasteiger partial charge < -0.3 is 30.2 Å². The number of nitrogens with zero attached hydrogens (tertiary/aromatic N) is 3. The molecule has 0 spiro atoms. The quantitative estimate of drug-likeness (QED) is 0.647. The molecule has 30 heavy (non-hydrogen) atoms. The number of amides is 1. The van der Waals surface area contributed by atoms with E-state index < -0.39 is 6.09 Å². The van der Waals surface area contributed by atoms with Gasteiger partial charge in [-0.1, -0.05) is 12.1 Å². The summed E-state index contributed by atoms with van der Waals surface area (Å²) in [5.41, 5.74) is 9.85. The van der Waals surface area contributed by atoms with Gasteiger partial charge in [-0.2, -0.15) is 0 Å². The number of fused-ring (bicyclic) bond motifs is 1. The van der Waals surface area contributed by atoms with Gasteiger partial charge in [-0.15, -0.1) is 0 Å². The van der Waals surface area contributed by atoms with E-state index in [1.807, 2.05) is 12.1 Å². The van der Waals surface area contributed by atoms with Crippen LogP contribution in [0.25, 0.3) is 0 Å². The molecule has 8 heteroatoms. The molecule has 3 N–H and O–H groups in total. The molecule has 0 bridgehead atoms. The number of carboxylic acid groups (broad SMARTS) is 1. The van der Waals surface area contributed by atoms with E-state index in [4.69, 9.17) is 10.5 Å². The SMILES string of the molecule is CC(C)(C)[NH+]1CCOC(c2ccc(N)cc2)C1.O=C([O-])N1CCc2cncnc2C1. The molecule has 0 saturated carbocycles. The van der Waals surface area contributed by atoms with E-state index in [2.05, 4.69) is 42.9 Å². The zero-order valence-electron chi connectivity index (χ0n) is 17.9. The summed E-state index contributed by atoms with van der Waals surface area (Å²) in [6.45, 7) is 10.6. The van der Waals surface area contributed by atoms with Gasteiger partial charge >= 0.3 is 0 Å². The van der Waals surface area contributed by atoms with E-state index in [1.54, 1.807) is 11.1 Å². The summed E-state index contributed by atoms with van der Waals surface area (Å²) >= 11 is 0. The van der Waals surface area contributed by atoms with Crippen LogP contribution in [0.3, 0.4) is 0 Å². The number of carbonyl (C=O) groups is 1. The Morgan fingerprint density at radius 2 is 2.03 bits per heavy atom. The van der Waals surface area contributed by atoms with Crippen molar-refractivity contribution in [2.45, 2.75) is 45.4 Å². The molecule has 1 aromatic carbocycles. The number of quaternary nitrogens is 1. The predicted molar refractivity (Wildman–Crippen MR) is 112 cm³/mol. The van der Waals surface area contributed by atoms with Gasteiger partial charge in [-0.05, 0) is 50.5 Å². The van der Waals surface area contributed by atoms with E-state index in [1.165, 1.54) is 16.8 Å². The molecule has 1 fully saturated rings. The zero-order valence-corrected chi connectivity index (χ0v) is 17.9. The first kappa shape index (κ1) is 22.0. The largest absolute Gasteiger partial charge is 0.530 e. The standard InChI is InChI=1S/C14H22N2O.C8H9N3O2/c1-14(2,3)16-8-9-17-13(10-16)11-4-6-12(15)7-5-11;12-8(13)11-2-1-6-3-9-5-10-7(6)4-11/h4-7,13H,8-10,15H2,1-3H3;3,5H,1-2,4H2,(H,12,13). The smallest absolute Gasteiger partial charge is 0.137 e. The number of rotatable bonds is 1. The third-order valence-corrected chi connectivity index (χ3v) is 5.65. The van der Waals surface area contributed by atoms with Crippen LogP contribution in [0.15, 0.2) is 36.8 Å². The van der Waals surface area contributed by atoms with Crippen molar-refractivity contribution >= 4 is 11.8 Å². The number of anilines is 1. The van der Waals surface area contributed by atoms with Crippen LogP contribution in [0.2, 0.25) is 0 Å². The highest BCUT2D eigenvalue weighted by Gasteiger charge is 2.32. The number of benzene rings is 1. The molecule has 2 atom stereocenters. The number of aromatic nitrogens is 2. The molecule has 162 valence electrons. The lowest BCUT2D eigenvalue weighted by Crippen LogP contribution is -3.20. The Morgan fingerprint density at radius 1 is 1.30 bits per heavy atom. The zero-order chi connectivity index (χ0) is 21.7. The summed E-state index contributed by atoms with van der Waals surface area (Å²) in [4.78, 5) is 21.3. The van der Waals surface area contributed by atoms with Crippen LogP contribution in [-0.4, -0.2) is 52.7 Å². The van der Waals surface area contributed by atoms with Crippen LogP contribution >= 0.6 is 0 Å². The van der Waals surface area contributed by atoms with Crippen LogP contribution in [0.5, 0.6) is 0 Å². The summed E-state index contributed by atoms with van der Waals surface area (Å²) in [5.74, 6) is 0. The van der Waals surface area contributed by atoms with Crippen LogP contribution in [0.1, 0.15) is 43.7 Å². The number of carbonyl (C=O) groups excluding carboxylic acids is 1. The topological polar surface area (TPSA) is 109 Å². The number of morpholine rings is 1. The van der Waals surface area contributed by atoms with Gasteiger partial charge in [0.25, 0.3) is 0 Å². The molecule has 0 radical (unpaired) electrons. The van der Waals surface area contributed by atoms with Crippen LogP contribution in [-0.2, 0) is 17.7 Å². The van der Waals surface area contributed by atoms with Crippen LogP contribution in [0, 0.1) is 0 Å². The molecule has 3 heterocycles. The highest BCUT2D eigenvalue weighted by Crippen LogP contribution is 2.19. The van der Waals surface area contributed by atoms with Crippen molar-refractivity contribution in [3.8, 4) is 0 Å². The number of hydrogen-bond donors (Lipinski definition) is 2. The minimum absolute atomic E-state index is 0.207. The molecule has 1 aromatic heterocycles. The number of hydrogen-bond acceptors (Lipinski definition) is 6. The van der Waals surface area contributed by atoms with Crippen LogP contribution in [0.4, 0.5) is 10.5 Å². The molecule has 2 aliphatic rings. The fourth-order valence-corrected chi connectivity index (χ4v) is 3.72. The maximum atomic E-state index is 10.5. The van der Waals surface area contributed by atoms with Crippen molar-refractivity contribution in [2.24, 2.45) is 0 Å². The molecule has 1 amide bonds. The first-order chi connectivity index (χ1) is 14.2. The minimum Gasteiger partial charge on any atom is -0.530 e. The fourth-order valence-electron chi connectivity index (χ4n) is 3.72. The second-order valence-electron chi connectivity index (χ2n) is 8.77. The predicted octanol–water partition coefficient (Wildman–Crippen LogP) is 0.202. The fraction of sp³-hybridized carbons (Fsp3) is 0.500. The lowest BCUT2D eigenvalue weighted by atomic mass is 10.0. The lowest BCUT2D eigenvalue weighted by Gasteiger charge is -2.38. The Kier molecular flexibility index (Phi) is 6.89. The summed E-state index contributed by atoms with van der Waals surface area (Å²) in [7, 11) is 0. The summed E-state index contributed by atoms with van der Waals surface area (Å²) < 4.78 is 5.87. The average molecular weight is 414 g/mol. The van der Waals surface area contributed by atoms with Crippen molar-refractivity contribution in [3.05, 3.63) is 53.6 Å². The van der Waals surface area contributed by atoms with Gasteiger partial charge in [-0.25, -0.2) is 9.97 Å². The van der Waals surface area contributed by atoms with Gasteiger partial charge in [0.05, 0.1) is 24.4 Å². The Balaban J connectivity index is 0.000000177. The van der Waals surface area contributed by atoms with E-state index in [0.717, 1.165) is 36.6 Å². The van der Waals surface area contributed by atoms with Gasteiger partial charge in [0, 0.05) is 18.4 Å². The second kappa shape index (κ2) is 9.40. The normalized spacial score (nSPS) is 21.2. The molecule has 1 saturated heterocycles. The molecule has 0 aliphatic carbocycles. The van der Waals surface area contributed by atoms with E-state index >= 15 is 0 Å². The molecule has 2 aliphatic heterocycles.